The molecule has 3 N–H and O–H groups in total. The Labute approximate surface area is 154 Å². The molecular formula is C21H30O5. The van der Waals surface area contributed by atoms with Crippen molar-refractivity contribution in [1.82, 2.24) is 0 Å². The highest BCUT2D eigenvalue weighted by Crippen LogP contribution is 2.67. The smallest absolute Gasteiger partial charge is 0.190 e. The predicted molar refractivity (Wildman–Crippen MR) is 95.1 cm³/mol. The summed E-state index contributed by atoms with van der Waals surface area (Å²) in [6.45, 7) is 3.51. The van der Waals surface area contributed by atoms with Crippen molar-refractivity contribution in [3.63, 3.8) is 0 Å². The summed E-state index contributed by atoms with van der Waals surface area (Å²) in [4.78, 5) is 24.3. The quantitative estimate of drug-likeness (QED) is 0.696. The third kappa shape index (κ3) is 2.08. The van der Waals surface area contributed by atoms with Crippen LogP contribution in [-0.4, -0.2) is 45.2 Å². The lowest BCUT2D eigenvalue weighted by atomic mass is 9.45. The van der Waals surface area contributed by atoms with E-state index in [9.17, 15) is 24.9 Å². The van der Waals surface area contributed by atoms with E-state index in [-0.39, 0.29) is 29.5 Å². The van der Waals surface area contributed by atoms with Crippen LogP contribution in [0, 0.1) is 28.6 Å². The van der Waals surface area contributed by atoms with Crippen molar-refractivity contribution >= 4 is 11.6 Å². The molecule has 0 aromatic heterocycles. The molecule has 0 radical (unpaired) electrons. The Balaban J connectivity index is 1.71. The summed E-state index contributed by atoms with van der Waals surface area (Å²) in [7, 11) is 0. The van der Waals surface area contributed by atoms with Crippen LogP contribution in [0.4, 0.5) is 0 Å². The third-order valence-corrected chi connectivity index (χ3v) is 8.82. The van der Waals surface area contributed by atoms with E-state index in [0.29, 0.717) is 18.8 Å². The van der Waals surface area contributed by atoms with Crippen molar-refractivity contribution < 1.29 is 24.9 Å². The average Bonchev–Trinajstić information content (AvgIpc) is 2.88. The van der Waals surface area contributed by atoms with Crippen LogP contribution in [0.1, 0.15) is 58.8 Å². The summed E-state index contributed by atoms with van der Waals surface area (Å²) in [5, 5.41) is 31.4. The molecule has 0 amide bonds. The van der Waals surface area contributed by atoms with Gasteiger partial charge in [-0.25, -0.2) is 0 Å². The number of fused-ring (bicyclic) bond motifs is 5. The Morgan fingerprint density at radius 1 is 1.19 bits per heavy atom. The molecule has 3 fully saturated rings. The third-order valence-electron chi connectivity index (χ3n) is 8.82. The van der Waals surface area contributed by atoms with Gasteiger partial charge in [0, 0.05) is 17.3 Å². The molecule has 0 spiro atoms. The molecule has 0 aliphatic heterocycles. The summed E-state index contributed by atoms with van der Waals surface area (Å²) >= 11 is 0. The minimum atomic E-state index is -1.43. The van der Waals surface area contributed by atoms with E-state index in [1.54, 1.807) is 6.08 Å². The van der Waals surface area contributed by atoms with Crippen molar-refractivity contribution in [2.75, 3.05) is 6.61 Å². The topological polar surface area (TPSA) is 94.8 Å². The molecule has 0 unspecified atom stereocenters. The van der Waals surface area contributed by atoms with Crippen LogP contribution in [0.2, 0.25) is 0 Å². The van der Waals surface area contributed by atoms with Crippen molar-refractivity contribution in [3.8, 4) is 0 Å². The predicted octanol–water partition coefficient (Wildman–Crippen LogP) is 1.78. The van der Waals surface area contributed by atoms with Gasteiger partial charge in [-0.05, 0) is 62.4 Å². The molecule has 0 bridgehead atoms. The van der Waals surface area contributed by atoms with Gasteiger partial charge in [-0.3, -0.25) is 9.59 Å². The second kappa shape index (κ2) is 5.73. The van der Waals surface area contributed by atoms with Crippen LogP contribution in [0.15, 0.2) is 11.6 Å². The molecule has 144 valence electrons. The molecule has 0 aromatic rings. The lowest BCUT2D eigenvalue weighted by Crippen LogP contribution is -2.59. The van der Waals surface area contributed by atoms with Crippen LogP contribution in [0.25, 0.3) is 0 Å². The fourth-order valence-electron chi connectivity index (χ4n) is 7.21. The van der Waals surface area contributed by atoms with Gasteiger partial charge in [-0.15, -0.1) is 0 Å². The van der Waals surface area contributed by atoms with E-state index in [1.807, 2.05) is 6.92 Å². The van der Waals surface area contributed by atoms with Gasteiger partial charge in [0.2, 0.25) is 0 Å². The zero-order valence-corrected chi connectivity index (χ0v) is 15.7. The summed E-state index contributed by atoms with van der Waals surface area (Å²) in [6, 6.07) is 0. The van der Waals surface area contributed by atoms with Crippen molar-refractivity contribution in [3.05, 3.63) is 11.6 Å². The van der Waals surface area contributed by atoms with Gasteiger partial charge < -0.3 is 15.3 Å². The summed E-state index contributed by atoms with van der Waals surface area (Å²) in [5.41, 5.74) is -1.23. The zero-order chi connectivity index (χ0) is 18.9. The number of aliphatic hydroxyl groups excluding tert-OH is 2. The molecular weight excluding hydrogens is 332 g/mol. The molecule has 7 atom stereocenters. The molecule has 3 saturated carbocycles. The molecule has 4 aliphatic carbocycles. The minimum Gasteiger partial charge on any atom is -0.392 e. The first kappa shape index (κ1) is 18.3. The molecule has 0 heterocycles. The average molecular weight is 362 g/mol. The molecule has 0 saturated heterocycles. The number of hydrogen-bond donors (Lipinski definition) is 3. The number of carbonyl (C=O) groups excluding carboxylic acids is 2. The van der Waals surface area contributed by atoms with E-state index in [1.165, 1.54) is 0 Å². The largest absolute Gasteiger partial charge is 0.392 e. The van der Waals surface area contributed by atoms with Gasteiger partial charge in [-0.1, -0.05) is 19.4 Å². The van der Waals surface area contributed by atoms with Crippen LogP contribution in [-0.2, 0) is 9.59 Å². The highest BCUT2D eigenvalue weighted by Gasteiger charge is 2.66. The first-order valence-corrected chi connectivity index (χ1v) is 9.97. The maximum Gasteiger partial charge on any atom is 0.190 e. The first-order chi connectivity index (χ1) is 12.2. The van der Waals surface area contributed by atoms with E-state index in [2.05, 4.69) is 6.92 Å². The number of Topliss-reactive ketones (excluding diaryl/α,β-unsaturated/α-hetero) is 1. The maximum absolute atomic E-state index is 12.3. The standard InChI is InChI=1S/C21H30O5/c1-19-7-5-16-14(15(19)6-8-21(19,26)18(25)11-22)4-3-12-9-13(23)10-17(24)20(12,16)2/h9,14-17,22,24,26H,3-8,10-11H2,1-2H3/t14-,15-,16-,17+,19-,20-,21-/m0/s1. The number of carbonyl (C=O) groups is 2. The highest BCUT2D eigenvalue weighted by atomic mass is 16.3. The normalized spacial score (nSPS) is 50.5. The first-order valence-electron chi connectivity index (χ1n) is 9.97. The number of rotatable bonds is 2. The number of hydrogen-bond acceptors (Lipinski definition) is 5. The second-order valence-corrected chi connectivity index (χ2v) is 9.49. The number of ketones is 2. The monoisotopic (exact) mass is 362 g/mol. The van der Waals surface area contributed by atoms with Crippen LogP contribution >= 0.6 is 0 Å². The fourth-order valence-corrected chi connectivity index (χ4v) is 7.21. The summed E-state index contributed by atoms with van der Waals surface area (Å²) < 4.78 is 0. The Kier molecular flexibility index (Phi) is 4.04. The molecule has 5 heteroatoms. The van der Waals surface area contributed by atoms with Gasteiger partial charge in [-0.2, -0.15) is 0 Å². The van der Waals surface area contributed by atoms with E-state index in [0.717, 1.165) is 31.3 Å². The van der Waals surface area contributed by atoms with Crippen LogP contribution < -0.4 is 0 Å². The Bertz CT molecular complexity index is 684. The van der Waals surface area contributed by atoms with Gasteiger partial charge in [0.05, 0.1) is 6.10 Å². The molecule has 0 aromatic carbocycles. The lowest BCUT2D eigenvalue weighted by Gasteiger charge is -2.59. The Morgan fingerprint density at radius 3 is 2.58 bits per heavy atom. The molecule has 4 rings (SSSR count). The van der Waals surface area contributed by atoms with Gasteiger partial charge >= 0.3 is 0 Å². The molecule has 4 aliphatic rings. The highest BCUT2D eigenvalue weighted by molar-refractivity contribution is 5.92. The lowest BCUT2D eigenvalue weighted by molar-refractivity contribution is -0.168. The molecule has 5 nitrogen and oxygen atoms in total. The van der Waals surface area contributed by atoms with Crippen LogP contribution in [0.3, 0.4) is 0 Å². The SMILES string of the molecule is C[C@@]12C(=CC(=O)C[C@H]1O)CC[C@@H]1[C@@H]2CC[C@@]2(C)[C@H]1CC[C@]2(O)C(=O)CO. The molecule has 26 heavy (non-hydrogen) atoms. The van der Waals surface area contributed by atoms with Gasteiger partial charge in [0.25, 0.3) is 0 Å². The maximum atomic E-state index is 12.3. The van der Waals surface area contributed by atoms with Gasteiger partial charge in [0.1, 0.15) is 12.2 Å². The Hall–Kier alpha value is -1.04. The van der Waals surface area contributed by atoms with E-state index in [4.69, 9.17) is 0 Å². The zero-order valence-electron chi connectivity index (χ0n) is 15.7. The van der Waals surface area contributed by atoms with Crippen molar-refractivity contribution in [1.29, 1.82) is 0 Å². The Morgan fingerprint density at radius 2 is 1.88 bits per heavy atom. The second-order valence-electron chi connectivity index (χ2n) is 9.49. The van der Waals surface area contributed by atoms with Crippen molar-refractivity contribution in [2.45, 2.75) is 70.5 Å². The van der Waals surface area contributed by atoms with Gasteiger partial charge in [0.15, 0.2) is 11.6 Å². The van der Waals surface area contributed by atoms with E-state index >= 15 is 0 Å². The number of aliphatic hydroxyl groups is 3. The summed E-state index contributed by atoms with van der Waals surface area (Å²) in [5.74, 6) is 0.388. The summed E-state index contributed by atoms with van der Waals surface area (Å²) in [6.07, 6.45) is 5.79. The minimum absolute atomic E-state index is 0.0212. The fraction of sp³-hybridized carbons (Fsp3) is 0.810. The van der Waals surface area contributed by atoms with Crippen LogP contribution in [0.5, 0.6) is 0 Å². The van der Waals surface area contributed by atoms with Crippen molar-refractivity contribution in [2.24, 2.45) is 28.6 Å². The van der Waals surface area contributed by atoms with E-state index < -0.39 is 29.5 Å².